The maximum absolute atomic E-state index is 5.12. The molecule has 0 bridgehead atoms. The number of hydrogen-bond acceptors (Lipinski definition) is 3. The van der Waals surface area contributed by atoms with Crippen molar-refractivity contribution in [3.63, 3.8) is 0 Å². The molecule has 3 aromatic carbocycles. The summed E-state index contributed by atoms with van der Waals surface area (Å²) in [6, 6.07) is 26.4. The van der Waals surface area contributed by atoms with Gasteiger partial charge in [-0.2, -0.15) is 0 Å². The second-order valence-electron chi connectivity index (χ2n) is 9.68. The topological polar surface area (TPSA) is 43.1 Å². The van der Waals surface area contributed by atoms with Crippen LogP contribution in [0.5, 0.6) is 0 Å². The van der Waals surface area contributed by atoms with E-state index in [0.29, 0.717) is 0 Å². The fraction of sp³-hybridized carbons (Fsp3) is 0.0645. The van der Waals surface area contributed by atoms with Gasteiger partial charge >= 0.3 is 0 Å². The highest BCUT2D eigenvalue weighted by Gasteiger charge is 2.28. The SMILES string of the molecule is c1ccc2c(c1)Cc1cc3c(cc1-2)-c1ccc2nc4c5cccnc5c5ncccc5n4c2c1C3. The molecule has 35 heavy (non-hydrogen) atoms. The third-order valence-corrected chi connectivity index (χ3v) is 7.90. The second-order valence-corrected chi connectivity index (χ2v) is 9.68. The van der Waals surface area contributed by atoms with Gasteiger partial charge in [0.25, 0.3) is 0 Å². The van der Waals surface area contributed by atoms with Gasteiger partial charge in [-0.15, -0.1) is 0 Å². The number of imidazole rings is 1. The summed E-state index contributed by atoms with van der Waals surface area (Å²) < 4.78 is 2.31. The monoisotopic (exact) mass is 446 g/mol. The van der Waals surface area contributed by atoms with Gasteiger partial charge in [0, 0.05) is 24.2 Å². The normalized spacial score (nSPS) is 13.5. The van der Waals surface area contributed by atoms with E-state index in [1.165, 1.54) is 50.0 Å². The molecule has 2 aliphatic rings. The van der Waals surface area contributed by atoms with Crippen molar-refractivity contribution in [2.75, 3.05) is 0 Å². The van der Waals surface area contributed by atoms with Gasteiger partial charge in [0.2, 0.25) is 0 Å². The molecule has 0 N–H and O–H groups in total. The molecular weight excluding hydrogens is 428 g/mol. The highest BCUT2D eigenvalue weighted by molar-refractivity contribution is 6.11. The molecule has 0 unspecified atom stereocenters. The van der Waals surface area contributed by atoms with Crippen molar-refractivity contribution in [1.29, 1.82) is 0 Å². The van der Waals surface area contributed by atoms with Gasteiger partial charge in [0.05, 0.1) is 16.6 Å². The molecule has 4 aromatic heterocycles. The average molecular weight is 447 g/mol. The molecular formula is C31H18N4. The highest BCUT2D eigenvalue weighted by atomic mass is 15.0. The van der Waals surface area contributed by atoms with Crippen LogP contribution in [0.1, 0.15) is 22.3 Å². The molecule has 0 amide bonds. The summed E-state index contributed by atoms with van der Waals surface area (Å²) in [5.41, 5.74) is 17.1. The van der Waals surface area contributed by atoms with Crippen molar-refractivity contribution >= 4 is 38.6 Å². The summed E-state index contributed by atoms with van der Waals surface area (Å²) in [5, 5.41) is 1.04. The molecule has 162 valence electrons. The number of pyridine rings is 3. The lowest BCUT2D eigenvalue weighted by Crippen LogP contribution is -1.96. The van der Waals surface area contributed by atoms with E-state index in [9.17, 15) is 0 Å². The van der Waals surface area contributed by atoms with E-state index in [4.69, 9.17) is 9.97 Å². The van der Waals surface area contributed by atoms with Crippen LogP contribution in [-0.4, -0.2) is 19.4 Å². The minimum absolute atomic E-state index is 0.904. The zero-order valence-electron chi connectivity index (χ0n) is 18.8. The van der Waals surface area contributed by atoms with Crippen molar-refractivity contribution in [1.82, 2.24) is 19.4 Å². The van der Waals surface area contributed by atoms with Gasteiger partial charge in [0.1, 0.15) is 16.7 Å². The van der Waals surface area contributed by atoms with Gasteiger partial charge in [-0.25, -0.2) is 4.98 Å². The van der Waals surface area contributed by atoms with Gasteiger partial charge < -0.3 is 0 Å². The summed E-state index contributed by atoms with van der Waals surface area (Å²) in [6.07, 6.45) is 5.63. The summed E-state index contributed by atoms with van der Waals surface area (Å²) in [5.74, 6) is 0. The van der Waals surface area contributed by atoms with Crippen LogP contribution in [0.2, 0.25) is 0 Å². The number of aromatic nitrogens is 4. The Hall–Kier alpha value is -4.57. The fourth-order valence-electron chi connectivity index (χ4n) is 6.44. The van der Waals surface area contributed by atoms with Gasteiger partial charge in [0.15, 0.2) is 0 Å². The molecule has 0 spiro atoms. The first-order chi connectivity index (χ1) is 17.3. The quantitative estimate of drug-likeness (QED) is 0.243. The Kier molecular flexibility index (Phi) is 3.11. The third-order valence-electron chi connectivity index (χ3n) is 7.90. The van der Waals surface area contributed by atoms with Crippen LogP contribution in [0.4, 0.5) is 0 Å². The third kappa shape index (κ3) is 2.15. The predicted octanol–water partition coefficient (Wildman–Crippen LogP) is 6.73. The Morgan fingerprint density at radius 1 is 0.629 bits per heavy atom. The van der Waals surface area contributed by atoms with E-state index in [-0.39, 0.29) is 0 Å². The van der Waals surface area contributed by atoms with Crippen molar-refractivity contribution in [3.8, 4) is 22.3 Å². The largest absolute Gasteiger partial charge is 0.290 e. The first kappa shape index (κ1) is 17.8. The first-order valence-corrected chi connectivity index (χ1v) is 12.0. The predicted molar refractivity (Wildman–Crippen MR) is 140 cm³/mol. The van der Waals surface area contributed by atoms with E-state index in [1.54, 1.807) is 0 Å². The molecule has 4 heterocycles. The van der Waals surface area contributed by atoms with Crippen molar-refractivity contribution < 1.29 is 0 Å². The maximum Gasteiger partial charge on any atom is 0.148 e. The smallest absolute Gasteiger partial charge is 0.148 e. The molecule has 0 saturated carbocycles. The zero-order chi connectivity index (χ0) is 22.7. The second kappa shape index (κ2) is 6.10. The molecule has 4 heteroatoms. The van der Waals surface area contributed by atoms with E-state index in [1.807, 2.05) is 24.5 Å². The van der Waals surface area contributed by atoms with E-state index in [2.05, 4.69) is 70.0 Å². The zero-order valence-corrected chi connectivity index (χ0v) is 18.8. The van der Waals surface area contributed by atoms with Crippen LogP contribution in [0.3, 0.4) is 0 Å². The summed E-state index contributed by atoms with van der Waals surface area (Å²) >= 11 is 0. The lowest BCUT2D eigenvalue weighted by Gasteiger charge is -2.09. The highest BCUT2D eigenvalue weighted by Crippen LogP contribution is 2.47. The fourth-order valence-corrected chi connectivity index (χ4v) is 6.44. The number of rotatable bonds is 0. The molecule has 0 radical (unpaired) electrons. The summed E-state index contributed by atoms with van der Waals surface area (Å²) in [4.78, 5) is 14.5. The number of hydrogen-bond donors (Lipinski definition) is 0. The molecule has 0 atom stereocenters. The Morgan fingerprint density at radius 2 is 1.46 bits per heavy atom. The number of nitrogens with zero attached hydrogens (tertiary/aromatic N) is 4. The standard InChI is InChI=1S/C31H18N4/c1-2-6-20-17(5-1)13-18-14-19-15-25-21(24(19)16-23(18)20)9-10-26-30(25)35-27-8-4-12-33-29(27)28-22(31(35)34-26)7-3-11-32-28/h1-12,14,16H,13,15H2. The van der Waals surface area contributed by atoms with Crippen molar-refractivity contribution in [2.24, 2.45) is 0 Å². The van der Waals surface area contributed by atoms with Crippen LogP contribution in [0.25, 0.3) is 60.9 Å². The van der Waals surface area contributed by atoms with Crippen LogP contribution in [0, 0.1) is 0 Å². The van der Waals surface area contributed by atoms with Gasteiger partial charge in [-0.05, 0) is 87.3 Å². The number of fused-ring (bicyclic) bond motifs is 15. The Labute approximate surface area is 200 Å². The van der Waals surface area contributed by atoms with Gasteiger partial charge in [-0.1, -0.05) is 36.4 Å². The van der Waals surface area contributed by atoms with Crippen molar-refractivity contribution in [2.45, 2.75) is 12.8 Å². The number of benzene rings is 3. The molecule has 2 aliphatic carbocycles. The van der Waals surface area contributed by atoms with Crippen LogP contribution in [0.15, 0.2) is 85.2 Å². The van der Waals surface area contributed by atoms with E-state index in [0.717, 1.165) is 45.9 Å². The Balaban J connectivity index is 1.40. The van der Waals surface area contributed by atoms with E-state index >= 15 is 0 Å². The Bertz CT molecular complexity index is 2070. The lowest BCUT2D eigenvalue weighted by molar-refractivity contribution is 1.20. The van der Waals surface area contributed by atoms with Crippen molar-refractivity contribution in [3.05, 3.63) is 107 Å². The van der Waals surface area contributed by atoms with Crippen LogP contribution >= 0.6 is 0 Å². The van der Waals surface area contributed by atoms with Crippen LogP contribution in [-0.2, 0) is 12.8 Å². The minimum atomic E-state index is 0.904. The molecule has 9 rings (SSSR count). The van der Waals surface area contributed by atoms with E-state index < -0.39 is 0 Å². The Morgan fingerprint density at radius 3 is 2.43 bits per heavy atom. The average Bonchev–Trinajstić information content (AvgIpc) is 3.58. The van der Waals surface area contributed by atoms with Gasteiger partial charge in [-0.3, -0.25) is 14.4 Å². The maximum atomic E-state index is 5.12. The molecule has 0 saturated heterocycles. The first-order valence-electron chi connectivity index (χ1n) is 12.0. The lowest BCUT2D eigenvalue weighted by atomic mass is 9.98. The summed E-state index contributed by atoms with van der Waals surface area (Å²) in [6.45, 7) is 0. The van der Waals surface area contributed by atoms with Crippen LogP contribution < -0.4 is 0 Å². The summed E-state index contributed by atoms with van der Waals surface area (Å²) in [7, 11) is 0. The molecule has 0 aliphatic heterocycles. The molecule has 0 fully saturated rings. The molecule has 7 aromatic rings. The minimum Gasteiger partial charge on any atom is -0.290 e. The molecule has 4 nitrogen and oxygen atoms in total.